The predicted octanol–water partition coefficient (Wildman–Crippen LogP) is 5.59. The molecule has 3 rings (SSSR count). The van der Waals surface area contributed by atoms with Gasteiger partial charge in [-0.15, -0.1) is 0 Å². The van der Waals surface area contributed by atoms with Crippen molar-refractivity contribution in [2.75, 3.05) is 0 Å². The van der Waals surface area contributed by atoms with Crippen molar-refractivity contribution in [1.29, 1.82) is 0 Å². The minimum Gasteiger partial charge on any atom is -0.256 e. The van der Waals surface area contributed by atoms with Crippen LogP contribution in [-0.2, 0) is 6.42 Å². The molecule has 110 valence electrons. The summed E-state index contributed by atoms with van der Waals surface area (Å²) in [6, 6.07) is 19.4. The van der Waals surface area contributed by atoms with Crippen LogP contribution in [0.5, 0.6) is 0 Å². The molecule has 0 aliphatic heterocycles. The Hall–Kier alpha value is -2.41. The Morgan fingerprint density at radius 1 is 0.818 bits per heavy atom. The van der Waals surface area contributed by atoms with Crippen LogP contribution in [-0.4, -0.2) is 4.98 Å². The van der Waals surface area contributed by atoms with Gasteiger partial charge in [-0.3, -0.25) is 4.98 Å². The Morgan fingerprint density at radius 3 is 2.23 bits per heavy atom. The minimum absolute atomic E-state index is 1.03. The second-order valence-corrected chi connectivity index (χ2v) is 5.76. The first-order valence-corrected chi connectivity index (χ1v) is 7.81. The number of nitrogens with zero attached hydrogens (tertiary/aromatic N) is 1. The molecule has 1 heterocycles. The molecule has 1 heteroatoms. The summed E-state index contributed by atoms with van der Waals surface area (Å²) in [5.41, 5.74) is 8.64. The zero-order valence-electron chi connectivity index (χ0n) is 13.4. The van der Waals surface area contributed by atoms with Gasteiger partial charge in [0.05, 0.1) is 5.69 Å². The lowest BCUT2D eigenvalue weighted by Gasteiger charge is -2.11. The SMILES string of the molecule is CCc1cnc(-c2ccc(-c3ccccc3)c(C)c2)c(C)c1. The van der Waals surface area contributed by atoms with E-state index in [0.717, 1.165) is 12.1 Å². The molecule has 0 amide bonds. The Bertz CT molecular complexity index is 788. The van der Waals surface area contributed by atoms with E-state index in [2.05, 4.69) is 80.4 Å². The van der Waals surface area contributed by atoms with Gasteiger partial charge >= 0.3 is 0 Å². The van der Waals surface area contributed by atoms with Crippen molar-refractivity contribution in [2.45, 2.75) is 27.2 Å². The average Bonchev–Trinajstić information content (AvgIpc) is 2.55. The van der Waals surface area contributed by atoms with Crippen LogP contribution < -0.4 is 0 Å². The van der Waals surface area contributed by atoms with E-state index in [-0.39, 0.29) is 0 Å². The minimum atomic E-state index is 1.03. The standard InChI is InChI=1S/C21H21N/c1-4-17-12-16(3)21(22-14-17)19-10-11-20(15(2)13-19)18-8-6-5-7-9-18/h5-14H,4H2,1-3H3. The van der Waals surface area contributed by atoms with E-state index in [9.17, 15) is 0 Å². The lowest BCUT2D eigenvalue weighted by molar-refractivity contribution is 1.09. The molecule has 0 bridgehead atoms. The van der Waals surface area contributed by atoms with Crippen LogP contribution in [0.3, 0.4) is 0 Å². The smallest absolute Gasteiger partial charge is 0.0731 e. The van der Waals surface area contributed by atoms with E-state index in [4.69, 9.17) is 0 Å². The highest BCUT2D eigenvalue weighted by Crippen LogP contribution is 2.29. The molecule has 0 spiro atoms. The van der Waals surface area contributed by atoms with Crippen LogP contribution in [0.4, 0.5) is 0 Å². The van der Waals surface area contributed by atoms with E-state index < -0.39 is 0 Å². The third-order valence-corrected chi connectivity index (χ3v) is 4.13. The van der Waals surface area contributed by atoms with Crippen LogP contribution in [0.1, 0.15) is 23.6 Å². The molecule has 0 aliphatic carbocycles. The second kappa shape index (κ2) is 6.15. The highest BCUT2D eigenvalue weighted by molar-refractivity contribution is 5.73. The van der Waals surface area contributed by atoms with Crippen LogP contribution in [0.25, 0.3) is 22.4 Å². The van der Waals surface area contributed by atoms with Crippen LogP contribution in [0, 0.1) is 13.8 Å². The first kappa shape index (κ1) is 14.5. The summed E-state index contributed by atoms with van der Waals surface area (Å²) in [4.78, 5) is 4.66. The molecule has 0 aliphatic rings. The van der Waals surface area contributed by atoms with Gasteiger partial charge in [0.1, 0.15) is 0 Å². The van der Waals surface area contributed by atoms with E-state index in [1.807, 2.05) is 6.20 Å². The summed E-state index contributed by atoms with van der Waals surface area (Å²) in [6.45, 7) is 6.47. The van der Waals surface area contributed by atoms with Gasteiger partial charge < -0.3 is 0 Å². The molecule has 0 radical (unpaired) electrons. The lowest BCUT2D eigenvalue weighted by atomic mass is 9.96. The molecule has 2 aromatic carbocycles. The average molecular weight is 287 g/mol. The topological polar surface area (TPSA) is 12.9 Å². The van der Waals surface area contributed by atoms with E-state index in [1.54, 1.807) is 0 Å². The highest BCUT2D eigenvalue weighted by atomic mass is 14.7. The second-order valence-electron chi connectivity index (χ2n) is 5.76. The molecule has 22 heavy (non-hydrogen) atoms. The first-order valence-electron chi connectivity index (χ1n) is 7.81. The van der Waals surface area contributed by atoms with Gasteiger partial charge in [0.2, 0.25) is 0 Å². The molecule has 0 N–H and O–H groups in total. The number of benzene rings is 2. The van der Waals surface area contributed by atoms with Crippen molar-refractivity contribution >= 4 is 0 Å². The molecule has 0 saturated carbocycles. The maximum Gasteiger partial charge on any atom is 0.0731 e. The molecule has 0 unspecified atom stereocenters. The van der Waals surface area contributed by atoms with Crippen molar-refractivity contribution in [2.24, 2.45) is 0 Å². The fourth-order valence-corrected chi connectivity index (χ4v) is 2.88. The number of aromatic nitrogens is 1. The summed E-state index contributed by atoms with van der Waals surface area (Å²) in [5.74, 6) is 0. The van der Waals surface area contributed by atoms with Gasteiger partial charge in [0.15, 0.2) is 0 Å². The Labute approximate surface area is 132 Å². The summed E-state index contributed by atoms with van der Waals surface area (Å²) in [6.07, 6.45) is 3.02. The number of hydrogen-bond donors (Lipinski definition) is 0. The summed E-state index contributed by atoms with van der Waals surface area (Å²) < 4.78 is 0. The van der Waals surface area contributed by atoms with Gasteiger partial charge in [-0.2, -0.15) is 0 Å². The Kier molecular flexibility index (Phi) is 4.06. The fourth-order valence-electron chi connectivity index (χ4n) is 2.88. The van der Waals surface area contributed by atoms with Crippen molar-refractivity contribution in [3.8, 4) is 22.4 Å². The van der Waals surface area contributed by atoms with Crippen LogP contribution in [0.15, 0.2) is 60.8 Å². The molecule has 0 saturated heterocycles. The lowest BCUT2D eigenvalue weighted by Crippen LogP contribution is -1.93. The van der Waals surface area contributed by atoms with Crippen LogP contribution >= 0.6 is 0 Å². The number of pyridine rings is 1. The van der Waals surface area contributed by atoms with E-state index >= 15 is 0 Å². The monoisotopic (exact) mass is 287 g/mol. The molecular weight excluding hydrogens is 266 g/mol. The molecule has 0 fully saturated rings. The van der Waals surface area contributed by atoms with Gasteiger partial charge in [-0.25, -0.2) is 0 Å². The van der Waals surface area contributed by atoms with Gasteiger partial charge in [0, 0.05) is 11.8 Å². The van der Waals surface area contributed by atoms with E-state index in [1.165, 1.54) is 33.4 Å². The van der Waals surface area contributed by atoms with E-state index in [0.29, 0.717) is 0 Å². The fraction of sp³-hybridized carbons (Fsp3) is 0.190. The Morgan fingerprint density at radius 2 is 1.59 bits per heavy atom. The van der Waals surface area contributed by atoms with Crippen molar-refractivity contribution in [3.63, 3.8) is 0 Å². The molecular formula is C21H21N. The van der Waals surface area contributed by atoms with Crippen molar-refractivity contribution in [3.05, 3.63) is 77.5 Å². The first-order chi connectivity index (χ1) is 10.7. The molecule has 1 nitrogen and oxygen atoms in total. The summed E-state index contributed by atoms with van der Waals surface area (Å²) in [5, 5.41) is 0. The molecule has 0 atom stereocenters. The number of rotatable bonds is 3. The van der Waals surface area contributed by atoms with Gasteiger partial charge in [-0.05, 0) is 54.2 Å². The molecule has 1 aromatic heterocycles. The zero-order valence-corrected chi connectivity index (χ0v) is 13.4. The highest BCUT2D eigenvalue weighted by Gasteiger charge is 2.08. The van der Waals surface area contributed by atoms with Crippen molar-refractivity contribution < 1.29 is 0 Å². The third kappa shape index (κ3) is 2.80. The van der Waals surface area contributed by atoms with Crippen molar-refractivity contribution in [1.82, 2.24) is 4.98 Å². The normalized spacial score (nSPS) is 10.7. The summed E-state index contributed by atoms with van der Waals surface area (Å²) >= 11 is 0. The van der Waals surface area contributed by atoms with Gasteiger partial charge in [0.25, 0.3) is 0 Å². The van der Waals surface area contributed by atoms with Crippen LogP contribution in [0.2, 0.25) is 0 Å². The quantitative estimate of drug-likeness (QED) is 0.611. The predicted molar refractivity (Wildman–Crippen MR) is 94.0 cm³/mol. The largest absolute Gasteiger partial charge is 0.256 e. The van der Waals surface area contributed by atoms with Gasteiger partial charge in [-0.1, -0.05) is 55.5 Å². The Balaban J connectivity index is 2.02. The number of hydrogen-bond acceptors (Lipinski definition) is 1. The zero-order chi connectivity index (χ0) is 15.5. The maximum absolute atomic E-state index is 4.66. The molecule has 3 aromatic rings. The summed E-state index contributed by atoms with van der Waals surface area (Å²) in [7, 11) is 0. The maximum atomic E-state index is 4.66. The number of aryl methyl sites for hydroxylation is 3. The third-order valence-electron chi connectivity index (χ3n) is 4.13.